The van der Waals surface area contributed by atoms with Gasteiger partial charge in [0.2, 0.25) is 17.6 Å². The number of fused-ring (bicyclic) bond motifs is 6. The molecule has 1 spiro atoms. The van der Waals surface area contributed by atoms with E-state index in [1.54, 1.807) is 6.07 Å². The highest BCUT2D eigenvalue weighted by Gasteiger charge is 2.70. The van der Waals surface area contributed by atoms with E-state index in [1.807, 2.05) is 0 Å². The molecule has 2 bridgehead atoms. The third-order valence-electron chi connectivity index (χ3n) is 7.74. The van der Waals surface area contributed by atoms with Crippen LogP contribution in [0.5, 0.6) is 17.2 Å². The van der Waals surface area contributed by atoms with E-state index in [2.05, 4.69) is 21.3 Å². The Labute approximate surface area is 179 Å². The minimum Gasteiger partial charge on any atom is -0.490 e. The maximum absolute atomic E-state index is 13.0. The number of methoxy groups -OCH3 is 1. The second-order valence-corrected chi connectivity index (χ2v) is 8.93. The summed E-state index contributed by atoms with van der Waals surface area (Å²) < 4.78 is 17.2. The molecule has 2 saturated carbocycles. The Bertz CT molecular complexity index is 1210. The molecule has 1 aromatic carbocycles. The van der Waals surface area contributed by atoms with Crippen LogP contribution < -0.4 is 35.5 Å². The van der Waals surface area contributed by atoms with Crippen LogP contribution in [0, 0.1) is 11.8 Å². The van der Waals surface area contributed by atoms with Crippen LogP contribution in [0.1, 0.15) is 23.5 Å². The number of hydrogen-bond donors (Lipinski definition) is 4. The monoisotopic (exact) mass is 440 g/mol. The summed E-state index contributed by atoms with van der Waals surface area (Å²) in [5, 5.41) is 9.97. The highest BCUT2D eigenvalue weighted by molar-refractivity contribution is 6.06. The molecule has 6 amide bonds. The maximum Gasteiger partial charge on any atom is 0.321 e. The first-order valence-electron chi connectivity index (χ1n) is 10.2. The fourth-order valence-electron chi connectivity index (χ4n) is 6.34. The summed E-state index contributed by atoms with van der Waals surface area (Å²) in [5.74, 6) is -2.86. The predicted octanol–water partition coefficient (Wildman–Crippen LogP) is -1.24. The molecule has 0 aromatic heterocycles. The summed E-state index contributed by atoms with van der Waals surface area (Å²) in [4.78, 5) is 62.0. The first-order chi connectivity index (χ1) is 15.3. The van der Waals surface area contributed by atoms with Crippen LogP contribution in [0.4, 0.5) is 9.59 Å². The third-order valence-corrected chi connectivity index (χ3v) is 7.74. The average Bonchev–Trinajstić information content (AvgIpc) is 2.71. The van der Waals surface area contributed by atoms with Crippen molar-refractivity contribution in [3.63, 3.8) is 0 Å². The van der Waals surface area contributed by atoms with E-state index in [0.29, 0.717) is 17.5 Å². The van der Waals surface area contributed by atoms with Crippen LogP contribution >= 0.6 is 0 Å². The lowest BCUT2D eigenvalue weighted by Gasteiger charge is -2.60. The number of carbonyl (C=O) groups is 5. The summed E-state index contributed by atoms with van der Waals surface area (Å²) in [6, 6.07) is -0.718. The van der Waals surface area contributed by atoms with Gasteiger partial charge >= 0.3 is 18.0 Å². The molecule has 0 radical (unpaired) electrons. The molecule has 4 fully saturated rings. The number of amides is 6. The highest BCUT2D eigenvalue weighted by Crippen LogP contribution is 2.64. The van der Waals surface area contributed by atoms with E-state index in [0.717, 1.165) is 0 Å². The van der Waals surface area contributed by atoms with Gasteiger partial charge < -0.3 is 24.8 Å². The summed E-state index contributed by atoms with van der Waals surface area (Å²) >= 11 is 0. The fourth-order valence-corrected chi connectivity index (χ4v) is 6.34. The van der Waals surface area contributed by atoms with Crippen molar-refractivity contribution in [2.75, 3.05) is 7.11 Å². The topological polar surface area (TPSA) is 161 Å². The molecule has 8 rings (SSSR count). The Balaban J connectivity index is 1.42. The number of benzene rings is 1. The first-order valence-corrected chi connectivity index (χ1v) is 10.2. The van der Waals surface area contributed by atoms with Gasteiger partial charge in [0.05, 0.1) is 31.0 Å². The lowest BCUT2D eigenvalue weighted by molar-refractivity contribution is -0.155. The van der Waals surface area contributed by atoms with Crippen molar-refractivity contribution < 1.29 is 38.2 Å². The number of rotatable bonds is 1. The van der Waals surface area contributed by atoms with E-state index < -0.39 is 71.2 Å². The van der Waals surface area contributed by atoms with Gasteiger partial charge in [-0.05, 0) is 6.07 Å². The lowest BCUT2D eigenvalue weighted by Crippen LogP contribution is -2.80. The van der Waals surface area contributed by atoms with Crippen molar-refractivity contribution in [2.24, 2.45) is 11.8 Å². The molecule has 5 heterocycles. The van der Waals surface area contributed by atoms with Crippen LogP contribution in [-0.2, 0) is 19.8 Å². The van der Waals surface area contributed by atoms with Crippen molar-refractivity contribution >= 4 is 29.8 Å². The normalized spacial score (nSPS) is 39.3. The largest absolute Gasteiger partial charge is 0.490 e. The number of nitrogens with one attached hydrogen (secondary N) is 4. The highest BCUT2D eigenvalue weighted by atomic mass is 16.6. The van der Waals surface area contributed by atoms with E-state index in [9.17, 15) is 24.0 Å². The predicted molar refractivity (Wildman–Crippen MR) is 100.0 cm³/mol. The van der Waals surface area contributed by atoms with Crippen molar-refractivity contribution in [3.05, 3.63) is 17.2 Å². The molecular weight excluding hydrogens is 424 g/mol. The number of esters is 1. The number of imide groups is 2. The standard InChI is InChI=1S/C20H16N4O8/c1-30-13-11-4(7-8-10(9(7)16(26)32-11)21-18(28)23-15(8)25)2-5-12(13)31-6-3-20(5)14(6)22-19(29)24-17(20)27/h2,6-10,14H,3H2,1H3,(H2,21,23,25,28)(H2,22,24,27,29). The molecular formula is C20H16N4O8. The fraction of sp³-hybridized carbons (Fsp3) is 0.450. The quantitative estimate of drug-likeness (QED) is 0.312. The van der Waals surface area contributed by atoms with Crippen molar-refractivity contribution in [3.8, 4) is 17.2 Å². The van der Waals surface area contributed by atoms with Gasteiger partial charge in [0, 0.05) is 23.5 Å². The van der Waals surface area contributed by atoms with Gasteiger partial charge in [-0.25, -0.2) is 9.59 Å². The molecule has 2 aliphatic carbocycles. The molecule has 7 aliphatic rings. The molecule has 5 aliphatic heterocycles. The summed E-state index contributed by atoms with van der Waals surface area (Å²) in [7, 11) is 1.40. The summed E-state index contributed by atoms with van der Waals surface area (Å²) in [6.45, 7) is 0. The zero-order valence-electron chi connectivity index (χ0n) is 16.5. The third kappa shape index (κ3) is 1.76. The number of urea groups is 2. The lowest BCUT2D eigenvalue weighted by atomic mass is 9.53. The average molecular weight is 440 g/mol. The van der Waals surface area contributed by atoms with Gasteiger partial charge in [0.1, 0.15) is 11.5 Å². The molecule has 4 N–H and O–H groups in total. The SMILES string of the molecule is COc1c2c(cc3c1OC1CC34C(=O)NC(=O)NC14)C1C3C(=O)NC(=O)NC3C1C(=O)O2. The van der Waals surface area contributed by atoms with Crippen molar-refractivity contribution in [2.45, 2.75) is 35.9 Å². The number of hydrogen-bond acceptors (Lipinski definition) is 8. The maximum atomic E-state index is 13.0. The molecule has 7 unspecified atom stereocenters. The van der Waals surface area contributed by atoms with E-state index in [4.69, 9.17) is 14.2 Å². The Morgan fingerprint density at radius 2 is 1.78 bits per heavy atom. The summed E-state index contributed by atoms with van der Waals surface area (Å²) in [5.41, 5.74) is 0.000432. The zero-order chi connectivity index (χ0) is 22.1. The van der Waals surface area contributed by atoms with E-state index in [1.165, 1.54) is 7.11 Å². The smallest absolute Gasteiger partial charge is 0.321 e. The van der Waals surface area contributed by atoms with Gasteiger partial charge in [-0.3, -0.25) is 25.0 Å². The molecule has 1 aromatic rings. The molecule has 12 nitrogen and oxygen atoms in total. The van der Waals surface area contributed by atoms with Gasteiger partial charge in [-0.2, -0.15) is 0 Å². The van der Waals surface area contributed by atoms with Crippen LogP contribution in [0.25, 0.3) is 0 Å². The van der Waals surface area contributed by atoms with Crippen LogP contribution in [0.3, 0.4) is 0 Å². The van der Waals surface area contributed by atoms with Gasteiger partial charge in [0.15, 0.2) is 11.5 Å². The first kappa shape index (κ1) is 17.8. The number of ether oxygens (including phenoxy) is 3. The Hall–Kier alpha value is -3.83. The second-order valence-electron chi connectivity index (χ2n) is 8.93. The minimum atomic E-state index is -1.04. The van der Waals surface area contributed by atoms with Crippen LogP contribution in [0.2, 0.25) is 0 Å². The number of carbonyl (C=O) groups excluding carboxylic acids is 5. The van der Waals surface area contributed by atoms with E-state index in [-0.39, 0.29) is 17.2 Å². The molecule has 2 saturated heterocycles. The van der Waals surface area contributed by atoms with Crippen LogP contribution in [-0.4, -0.2) is 55.1 Å². The minimum absolute atomic E-state index is 0.148. The molecule has 164 valence electrons. The second kappa shape index (κ2) is 5.31. The Morgan fingerprint density at radius 1 is 1.00 bits per heavy atom. The van der Waals surface area contributed by atoms with Gasteiger partial charge in [-0.1, -0.05) is 0 Å². The molecule has 7 atom stereocenters. The van der Waals surface area contributed by atoms with Gasteiger partial charge in [-0.15, -0.1) is 0 Å². The van der Waals surface area contributed by atoms with E-state index >= 15 is 0 Å². The van der Waals surface area contributed by atoms with Crippen molar-refractivity contribution in [1.82, 2.24) is 21.3 Å². The Kier molecular flexibility index (Phi) is 2.96. The van der Waals surface area contributed by atoms with Gasteiger partial charge in [0.25, 0.3) is 0 Å². The summed E-state index contributed by atoms with van der Waals surface area (Å²) in [6.07, 6.45) is -0.0567. The molecule has 32 heavy (non-hydrogen) atoms. The molecule has 12 heteroatoms. The zero-order valence-corrected chi connectivity index (χ0v) is 16.5. The van der Waals surface area contributed by atoms with Crippen molar-refractivity contribution in [1.29, 1.82) is 0 Å². The van der Waals surface area contributed by atoms with Crippen LogP contribution in [0.15, 0.2) is 6.07 Å². The Morgan fingerprint density at radius 3 is 2.56 bits per heavy atom.